The van der Waals surface area contributed by atoms with Crippen LogP contribution in [0.2, 0.25) is 0 Å². The van der Waals surface area contributed by atoms with Crippen molar-refractivity contribution in [2.45, 2.75) is 6.42 Å². The predicted octanol–water partition coefficient (Wildman–Crippen LogP) is 5.97. The predicted molar refractivity (Wildman–Crippen MR) is 184 cm³/mol. The normalized spacial score (nSPS) is 14.1. The van der Waals surface area contributed by atoms with E-state index in [4.69, 9.17) is 8.83 Å². The molecule has 0 saturated heterocycles. The Morgan fingerprint density at radius 2 is 0.939 bits per heavy atom. The van der Waals surface area contributed by atoms with Crippen molar-refractivity contribution in [3.05, 3.63) is 120 Å². The summed E-state index contributed by atoms with van der Waals surface area (Å²) in [5.74, 6) is 0.0935. The molecule has 10 heteroatoms. The summed E-state index contributed by atoms with van der Waals surface area (Å²) in [7, 11) is 0. The Labute approximate surface area is 281 Å². The molecule has 8 rings (SSSR count). The van der Waals surface area contributed by atoms with Gasteiger partial charge in [-0.3, -0.25) is 29.0 Å². The molecule has 49 heavy (non-hydrogen) atoms. The smallest absolute Gasteiger partial charge is 0.261 e. The van der Waals surface area contributed by atoms with Gasteiger partial charge in [0.05, 0.1) is 12.5 Å². The minimum absolute atomic E-state index is 0.237. The van der Waals surface area contributed by atoms with Gasteiger partial charge in [-0.2, -0.15) is 0 Å². The van der Waals surface area contributed by atoms with E-state index in [1.165, 1.54) is 9.80 Å². The third-order valence-corrected chi connectivity index (χ3v) is 9.20. The van der Waals surface area contributed by atoms with Crippen LogP contribution in [0.15, 0.2) is 106 Å². The maximum absolute atomic E-state index is 13.5. The summed E-state index contributed by atoms with van der Waals surface area (Å²) in [6, 6.07) is 25.8. The standard InChI is InChI=1S/C39H32N4O6/c44-36-28-8-1-6-24-20-26(32-10-3-18-48-32)22-30(34(24)28)38(46)42(36)16-14-40-12-5-13-41-15-17-43-37(45)29-9-2-7-25-21-27(33-11-4-19-49-33)23-31(35(25)29)39(43)47/h1-4,6-11,18-23,40-41H,5,12-17H2. The van der Waals surface area contributed by atoms with Gasteiger partial charge in [0.1, 0.15) is 11.5 Å². The Bertz CT molecular complexity index is 2100. The highest BCUT2D eigenvalue weighted by molar-refractivity contribution is 6.27. The summed E-state index contributed by atoms with van der Waals surface area (Å²) in [4.78, 5) is 56.3. The Morgan fingerprint density at radius 1 is 0.490 bits per heavy atom. The van der Waals surface area contributed by atoms with Crippen LogP contribution in [0.3, 0.4) is 0 Å². The first kappa shape index (κ1) is 30.5. The van der Waals surface area contributed by atoms with E-state index >= 15 is 0 Å². The minimum atomic E-state index is -0.316. The number of nitrogens with zero attached hydrogens (tertiary/aromatic N) is 2. The summed E-state index contributed by atoms with van der Waals surface area (Å²) in [5.41, 5.74) is 3.60. The summed E-state index contributed by atoms with van der Waals surface area (Å²) in [5, 5.41) is 9.64. The van der Waals surface area contributed by atoms with Gasteiger partial charge in [-0.15, -0.1) is 0 Å². The first-order valence-electron chi connectivity index (χ1n) is 16.3. The number of nitrogens with one attached hydrogen (secondary N) is 2. The summed E-state index contributed by atoms with van der Waals surface area (Å²) >= 11 is 0. The van der Waals surface area contributed by atoms with E-state index in [1.807, 2.05) is 48.5 Å². The van der Waals surface area contributed by atoms with Crippen LogP contribution in [0.1, 0.15) is 47.9 Å². The summed E-state index contributed by atoms with van der Waals surface area (Å²) in [6.07, 6.45) is 3.96. The lowest BCUT2D eigenvalue weighted by molar-refractivity contribution is 0.0597. The van der Waals surface area contributed by atoms with Gasteiger partial charge in [0.15, 0.2) is 0 Å². The molecule has 4 amide bonds. The van der Waals surface area contributed by atoms with Crippen molar-refractivity contribution >= 4 is 45.2 Å². The van der Waals surface area contributed by atoms with Gasteiger partial charge in [0.25, 0.3) is 23.6 Å². The molecule has 0 atom stereocenters. The second kappa shape index (κ2) is 12.6. The van der Waals surface area contributed by atoms with Gasteiger partial charge in [-0.25, -0.2) is 0 Å². The van der Waals surface area contributed by atoms with Gasteiger partial charge in [-0.05, 0) is 90.9 Å². The van der Waals surface area contributed by atoms with Crippen LogP contribution in [-0.4, -0.2) is 72.7 Å². The highest BCUT2D eigenvalue weighted by Gasteiger charge is 2.34. The lowest BCUT2D eigenvalue weighted by atomic mass is 9.91. The van der Waals surface area contributed by atoms with Gasteiger partial charge in [-0.1, -0.05) is 24.3 Å². The van der Waals surface area contributed by atoms with E-state index in [9.17, 15) is 19.2 Å². The average Bonchev–Trinajstić information content (AvgIpc) is 3.87. The number of benzene rings is 4. The molecule has 2 aliphatic heterocycles. The van der Waals surface area contributed by atoms with Crippen molar-refractivity contribution in [2.75, 3.05) is 39.3 Å². The Balaban J connectivity index is 0.829. The molecule has 0 unspecified atom stereocenters. The number of hydrogen-bond donors (Lipinski definition) is 2. The van der Waals surface area contributed by atoms with Gasteiger partial charge >= 0.3 is 0 Å². The van der Waals surface area contributed by atoms with Crippen molar-refractivity contribution < 1.29 is 28.0 Å². The van der Waals surface area contributed by atoms with Crippen molar-refractivity contribution in [2.24, 2.45) is 0 Å². The zero-order valence-corrected chi connectivity index (χ0v) is 26.5. The molecule has 0 saturated carbocycles. The fourth-order valence-electron chi connectivity index (χ4n) is 6.86. The van der Waals surface area contributed by atoms with Crippen LogP contribution in [0.5, 0.6) is 0 Å². The first-order valence-corrected chi connectivity index (χ1v) is 16.3. The van der Waals surface area contributed by atoms with E-state index in [0.29, 0.717) is 70.7 Å². The van der Waals surface area contributed by atoms with E-state index in [1.54, 1.807) is 48.9 Å². The second-order valence-corrected chi connectivity index (χ2v) is 12.2. The van der Waals surface area contributed by atoms with Crippen molar-refractivity contribution in [1.29, 1.82) is 0 Å². The lowest BCUT2D eigenvalue weighted by Crippen LogP contribution is -2.44. The topological polar surface area (TPSA) is 125 Å². The molecule has 0 spiro atoms. The van der Waals surface area contributed by atoms with Crippen LogP contribution < -0.4 is 10.6 Å². The third kappa shape index (κ3) is 5.41. The number of furan rings is 2. The van der Waals surface area contributed by atoms with Crippen LogP contribution in [0, 0.1) is 0 Å². The molecule has 2 N–H and O–H groups in total. The molecule has 10 nitrogen and oxygen atoms in total. The summed E-state index contributed by atoms with van der Waals surface area (Å²) < 4.78 is 11.1. The zero-order chi connectivity index (χ0) is 33.5. The molecule has 2 aliphatic rings. The Morgan fingerprint density at radius 3 is 1.37 bits per heavy atom. The van der Waals surface area contributed by atoms with E-state index in [-0.39, 0.29) is 36.7 Å². The minimum Gasteiger partial charge on any atom is -0.464 e. The number of carbonyl (C=O) groups excluding carboxylic acids is 4. The van der Waals surface area contributed by atoms with Crippen LogP contribution in [0.25, 0.3) is 44.2 Å². The maximum Gasteiger partial charge on any atom is 0.261 e. The molecule has 0 bridgehead atoms. The number of rotatable bonds is 12. The Hall–Kier alpha value is -5.84. The molecular formula is C39H32N4O6. The average molecular weight is 653 g/mol. The molecule has 4 aromatic carbocycles. The molecule has 0 radical (unpaired) electrons. The SMILES string of the molecule is O=C1c2cccc3cc(-c4ccco4)cc(c23)C(=O)N1CCNCCCNCCN1C(=O)c2cccc3cc(-c4ccco4)cc(c23)C1=O. The number of hydrogen-bond acceptors (Lipinski definition) is 8. The molecule has 4 heterocycles. The zero-order valence-electron chi connectivity index (χ0n) is 26.5. The number of imide groups is 2. The summed E-state index contributed by atoms with van der Waals surface area (Å²) in [6.45, 7) is 2.68. The lowest BCUT2D eigenvalue weighted by Gasteiger charge is -2.28. The number of amides is 4. The highest BCUT2D eigenvalue weighted by Crippen LogP contribution is 2.36. The molecule has 0 aliphatic carbocycles. The molecule has 0 fully saturated rings. The van der Waals surface area contributed by atoms with Gasteiger partial charge in [0, 0.05) is 70.3 Å². The van der Waals surface area contributed by atoms with Crippen LogP contribution >= 0.6 is 0 Å². The fraction of sp³-hybridized carbons (Fsp3) is 0.179. The van der Waals surface area contributed by atoms with Gasteiger partial charge in [0.2, 0.25) is 0 Å². The molecule has 244 valence electrons. The van der Waals surface area contributed by atoms with Crippen LogP contribution in [0.4, 0.5) is 0 Å². The van der Waals surface area contributed by atoms with Gasteiger partial charge < -0.3 is 19.5 Å². The Kier molecular flexibility index (Phi) is 7.87. The van der Waals surface area contributed by atoms with Crippen LogP contribution in [-0.2, 0) is 0 Å². The highest BCUT2D eigenvalue weighted by atomic mass is 16.3. The molecular weight excluding hydrogens is 620 g/mol. The largest absolute Gasteiger partial charge is 0.464 e. The fourth-order valence-corrected chi connectivity index (χ4v) is 6.86. The quantitative estimate of drug-likeness (QED) is 0.122. The molecule has 2 aromatic heterocycles. The van der Waals surface area contributed by atoms with E-state index in [0.717, 1.165) is 28.3 Å². The maximum atomic E-state index is 13.5. The molecule has 6 aromatic rings. The first-order chi connectivity index (χ1) is 24.0. The van der Waals surface area contributed by atoms with Crippen molar-refractivity contribution in [1.82, 2.24) is 20.4 Å². The van der Waals surface area contributed by atoms with E-state index < -0.39 is 0 Å². The second-order valence-electron chi connectivity index (χ2n) is 12.2. The monoisotopic (exact) mass is 652 g/mol. The van der Waals surface area contributed by atoms with E-state index in [2.05, 4.69) is 10.6 Å². The van der Waals surface area contributed by atoms with Crippen molar-refractivity contribution in [3.8, 4) is 22.6 Å². The number of carbonyl (C=O) groups is 4. The third-order valence-electron chi connectivity index (χ3n) is 9.20. The van der Waals surface area contributed by atoms with Crippen molar-refractivity contribution in [3.63, 3.8) is 0 Å².